The first-order chi connectivity index (χ1) is 6.63. The molecule has 0 N–H and O–H groups in total. The predicted molar refractivity (Wildman–Crippen MR) is 55.2 cm³/mol. The number of carbonyl (C=O) groups excluding carboxylic acids is 1. The number of halogens is 1. The monoisotopic (exact) mass is 207 g/mol. The lowest BCUT2D eigenvalue weighted by atomic mass is 10.1. The zero-order chi connectivity index (χ0) is 10.6. The van der Waals surface area contributed by atoms with Crippen LogP contribution in [0.4, 0.5) is 0 Å². The van der Waals surface area contributed by atoms with Crippen molar-refractivity contribution in [1.82, 2.24) is 0 Å². The summed E-state index contributed by atoms with van der Waals surface area (Å²) in [5, 5.41) is 9.04. The van der Waals surface area contributed by atoms with Crippen molar-refractivity contribution in [3.8, 4) is 6.07 Å². The fourth-order valence-electron chi connectivity index (χ4n) is 1.20. The Bertz CT molecular complexity index is 393. The molecule has 1 rings (SSSR count). The summed E-state index contributed by atoms with van der Waals surface area (Å²) in [6.45, 7) is 1.53. The Morgan fingerprint density at radius 1 is 1.57 bits per heavy atom. The normalized spacial score (nSPS) is 9.50. The van der Waals surface area contributed by atoms with E-state index in [4.69, 9.17) is 16.9 Å². The summed E-state index contributed by atoms with van der Waals surface area (Å²) in [6, 6.07) is 7.41. The van der Waals surface area contributed by atoms with E-state index < -0.39 is 0 Å². The van der Waals surface area contributed by atoms with Crippen LogP contribution in [0.15, 0.2) is 18.2 Å². The van der Waals surface area contributed by atoms with Crippen LogP contribution in [-0.4, -0.2) is 5.78 Å². The number of carbonyl (C=O) groups is 1. The van der Waals surface area contributed by atoms with Gasteiger partial charge in [0.2, 0.25) is 0 Å². The van der Waals surface area contributed by atoms with Crippen LogP contribution >= 0.6 is 11.6 Å². The highest BCUT2D eigenvalue weighted by molar-refractivity contribution is 6.31. The highest BCUT2D eigenvalue weighted by Gasteiger charge is 2.04. The third-order valence-electron chi connectivity index (χ3n) is 1.84. The molecule has 0 aromatic heterocycles. The summed E-state index contributed by atoms with van der Waals surface area (Å²) < 4.78 is 0. The largest absolute Gasteiger partial charge is 0.300 e. The summed E-state index contributed by atoms with van der Waals surface area (Å²) in [5.41, 5.74) is 1.70. The number of ketones is 1. The highest BCUT2D eigenvalue weighted by Crippen LogP contribution is 2.18. The van der Waals surface area contributed by atoms with Gasteiger partial charge in [0.1, 0.15) is 5.78 Å². The van der Waals surface area contributed by atoms with Crippen molar-refractivity contribution in [3.05, 3.63) is 34.3 Å². The van der Waals surface area contributed by atoms with Gasteiger partial charge in [-0.2, -0.15) is 5.26 Å². The zero-order valence-corrected chi connectivity index (χ0v) is 8.64. The van der Waals surface area contributed by atoms with Gasteiger partial charge >= 0.3 is 0 Å². The van der Waals surface area contributed by atoms with Crippen LogP contribution in [0.25, 0.3) is 0 Å². The first kappa shape index (κ1) is 10.7. The van der Waals surface area contributed by atoms with E-state index in [2.05, 4.69) is 0 Å². The first-order valence-electron chi connectivity index (χ1n) is 4.27. The van der Waals surface area contributed by atoms with Crippen LogP contribution in [0.1, 0.15) is 18.1 Å². The Hall–Kier alpha value is -1.33. The molecule has 14 heavy (non-hydrogen) atoms. The molecule has 0 saturated carbocycles. The Morgan fingerprint density at radius 3 is 2.79 bits per heavy atom. The molecular formula is C11H10ClNO. The number of Topliss-reactive ketones (excluding diaryl/α,β-unsaturated/α-hetero) is 1. The van der Waals surface area contributed by atoms with E-state index >= 15 is 0 Å². The van der Waals surface area contributed by atoms with E-state index in [1.165, 1.54) is 6.92 Å². The number of rotatable bonds is 3. The van der Waals surface area contributed by atoms with Crippen LogP contribution < -0.4 is 0 Å². The van der Waals surface area contributed by atoms with Gasteiger partial charge < -0.3 is 0 Å². The van der Waals surface area contributed by atoms with Crippen molar-refractivity contribution in [2.45, 2.75) is 19.8 Å². The lowest BCUT2D eigenvalue weighted by molar-refractivity contribution is -0.116. The molecule has 1 aromatic rings. The van der Waals surface area contributed by atoms with Crippen molar-refractivity contribution in [2.24, 2.45) is 0 Å². The molecule has 0 aliphatic carbocycles. The van der Waals surface area contributed by atoms with E-state index in [1.54, 1.807) is 12.1 Å². The maximum absolute atomic E-state index is 10.9. The minimum atomic E-state index is 0.0833. The molecule has 0 unspecified atom stereocenters. The lowest BCUT2D eigenvalue weighted by Crippen LogP contribution is -1.97. The van der Waals surface area contributed by atoms with Crippen LogP contribution in [0.5, 0.6) is 0 Å². The van der Waals surface area contributed by atoms with Gasteiger partial charge in [0.25, 0.3) is 0 Å². The van der Waals surface area contributed by atoms with Crippen molar-refractivity contribution in [1.29, 1.82) is 5.26 Å². The molecule has 0 aliphatic heterocycles. The molecule has 0 bridgehead atoms. The second kappa shape index (κ2) is 4.78. The molecule has 0 atom stereocenters. The fourth-order valence-corrected chi connectivity index (χ4v) is 1.47. The fraction of sp³-hybridized carbons (Fsp3) is 0.273. The quantitative estimate of drug-likeness (QED) is 0.764. The smallest absolute Gasteiger partial charge is 0.134 e. The molecule has 2 nitrogen and oxygen atoms in total. The summed E-state index contributed by atoms with van der Waals surface area (Å²) in [7, 11) is 0. The Kier molecular flexibility index (Phi) is 3.67. The van der Waals surface area contributed by atoms with Gasteiger partial charge in [0, 0.05) is 11.4 Å². The van der Waals surface area contributed by atoms with Crippen molar-refractivity contribution in [2.75, 3.05) is 0 Å². The van der Waals surface area contributed by atoms with E-state index in [1.807, 2.05) is 12.1 Å². The van der Waals surface area contributed by atoms with Gasteiger partial charge in [-0.25, -0.2) is 0 Å². The number of benzene rings is 1. The van der Waals surface area contributed by atoms with Crippen LogP contribution in [0.2, 0.25) is 5.02 Å². The maximum atomic E-state index is 10.9. The third kappa shape index (κ3) is 2.86. The van der Waals surface area contributed by atoms with E-state index in [0.717, 1.165) is 11.1 Å². The van der Waals surface area contributed by atoms with Gasteiger partial charge in [-0.3, -0.25) is 4.79 Å². The molecule has 72 valence electrons. The average Bonchev–Trinajstić information content (AvgIpc) is 2.10. The van der Waals surface area contributed by atoms with E-state index in [-0.39, 0.29) is 5.78 Å². The standard InChI is InChI=1S/C11H10ClNO/c1-8(14)6-10-3-2-9(4-5-13)7-11(10)12/h2-3,7H,4,6H2,1H3. The third-order valence-corrected chi connectivity index (χ3v) is 2.19. The molecular weight excluding hydrogens is 198 g/mol. The Balaban J connectivity index is 2.90. The summed E-state index contributed by atoms with van der Waals surface area (Å²) in [5.74, 6) is 0.0833. The van der Waals surface area contributed by atoms with Crippen molar-refractivity contribution >= 4 is 17.4 Å². The zero-order valence-electron chi connectivity index (χ0n) is 7.88. The number of hydrogen-bond acceptors (Lipinski definition) is 2. The van der Waals surface area contributed by atoms with Gasteiger partial charge in [-0.1, -0.05) is 23.7 Å². The Labute approximate surface area is 88.1 Å². The van der Waals surface area contributed by atoms with E-state index in [0.29, 0.717) is 17.9 Å². The average molecular weight is 208 g/mol. The summed E-state index contributed by atoms with van der Waals surface area (Å²) >= 11 is 5.95. The van der Waals surface area contributed by atoms with Gasteiger partial charge in [-0.05, 0) is 24.1 Å². The lowest BCUT2D eigenvalue weighted by Gasteiger charge is -2.03. The van der Waals surface area contributed by atoms with Gasteiger partial charge in [0.15, 0.2) is 0 Å². The van der Waals surface area contributed by atoms with Crippen molar-refractivity contribution in [3.63, 3.8) is 0 Å². The summed E-state index contributed by atoms with van der Waals surface area (Å²) in [6.07, 6.45) is 0.700. The minimum Gasteiger partial charge on any atom is -0.300 e. The van der Waals surface area contributed by atoms with Gasteiger partial charge in [-0.15, -0.1) is 0 Å². The summed E-state index contributed by atoms with van der Waals surface area (Å²) in [4.78, 5) is 10.9. The number of nitriles is 1. The second-order valence-electron chi connectivity index (χ2n) is 3.14. The molecule has 0 spiro atoms. The predicted octanol–water partition coefficient (Wildman–Crippen LogP) is 2.54. The molecule has 0 heterocycles. The van der Waals surface area contributed by atoms with E-state index in [9.17, 15) is 4.79 Å². The Morgan fingerprint density at radius 2 is 2.29 bits per heavy atom. The molecule has 0 saturated heterocycles. The molecule has 3 heteroatoms. The van der Waals surface area contributed by atoms with Crippen LogP contribution in [0, 0.1) is 11.3 Å². The maximum Gasteiger partial charge on any atom is 0.134 e. The molecule has 1 aromatic carbocycles. The van der Waals surface area contributed by atoms with Crippen molar-refractivity contribution < 1.29 is 4.79 Å². The van der Waals surface area contributed by atoms with Crippen LogP contribution in [0.3, 0.4) is 0 Å². The first-order valence-corrected chi connectivity index (χ1v) is 4.65. The number of nitrogens with zero attached hydrogens (tertiary/aromatic N) is 1. The second-order valence-corrected chi connectivity index (χ2v) is 3.55. The van der Waals surface area contributed by atoms with Crippen LogP contribution in [-0.2, 0) is 17.6 Å². The molecule has 0 aliphatic rings. The SMILES string of the molecule is CC(=O)Cc1ccc(CC#N)cc1Cl. The highest BCUT2D eigenvalue weighted by atomic mass is 35.5. The minimum absolute atomic E-state index is 0.0833. The molecule has 0 radical (unpaired) electrons. The molecule has 0 fully saturated rings. The van der Waals surface area contributed by atoms with Gasteiger partial charge in [0.05, 0.1) is 12.5 Å². The number of hydrogen-bond donors (Lipinski definition) is 0. The molecule has 0 amide bonds. The topological polar surface area (TPSA) is 40.9 Å².